The molecular weight excluding hydrogens is 240 g/mol. The fourth-order valence-corrected chi connectivity index (χ4v) is 2.12. The summed E-state index contributed by atoms with van der Waals surface area (Å²) in [5, 5.41) is 3.54. The zero-order valence-electron chi connectivity index (χ0n) is 8.33. The molecule has 0 radical (unpaired) electrons. The molecule has 76 valence electrons. The molecule has 0 aromatic carbocycles. The summed E-state index contributed by atoms with van der Waals surface area (Å²) in [6.45, 7) is 2.24. The number of nitrogens with zero attached hydrogens (tertiary/aromatic N) is 1. The standard InChI is InChI=1S/C11H15BrN2/c1-2-11(8-3-4-8)14-10-5-9(12)6-13-7-10/h5-8,11,14H,2-4H2,1H3. The van der Waals surface area contributed by atoms with Crippen LogP contribution in [0.3, 0.4) is 0 Å². The van der Waals surface area contributed by atoms with E-state index in [2.05, 4.69) is 39.2 Å². The molecular formula is C11H15BrN2. The van der Waals surface area contributed by atoms with Crippen molar-refractivity contribution in [3.8, 4) is 0 Å². The molecule has 1 aromatic heterocycles. The molecule has 0 spiro atoms. The molecule has 1 N–H and O–H groups in total. The molecule has 0 bridgehead atoms. The molecule has 1 aliphatic rings. The van der Waals surface area contributed by atoms with Crippen molar-refractivity contribution in [1.82, 2.24) is 4.98 Å². The van der Waals surface area contributed by atoms with Crippen LogP contribution in [0.4, 0.5) is 5.69 Å². The van der Waals surface area contributed by atoms with Crippen molar-refractivity contribution in [1.29, 1.82) is 0 Å². The van der Waals surface area contributed by atoms with Crippen LogP contribution in [-0.2, 0) is 0 Å². The van der Waals surface area contributed by atoms with Crippen molar-refractivity contribution in [2.45, 2.75) is 32.2 Å². The van der Waals surface area contributed by atoms with Crippen LogP contribution in [0.25, 0.3) is 0 Å². The molecule has 2 nitrogen and oxygen atoms in total. The van der Waals surface area contributed by atoms with E-state index in [1.54, 1.807) is 0 Å². The smallest absolute Gasteiger partial charge is 0.0540 e. The first-order valence-electron chi connectivity index (χ1n) is 5.16. The minimum absolute atomic E-state index is 0.631. The second kappa shape index (κ2) is 4.30. The molecule has 1 saturated carbocycles. The minimum Gasteiger partial charge on any atom is -0.381 e. The molecule has 1 unspecified atom stereocenters. The van der Waals surface area contributed by atoms with Gasteiger partial charge < -0.3 is 5.32 Å². The van der Waals surface area contributed by atoms with E-state index in [1.165, 1.54) is 19.3 Å². The Kier molecular flexibility index (Phi) is 3.06. The molecule has 2 rings (SSSR count). The zero-order valence-corrected chi connectivity index (χ0v) is 9.92. The van der Waals surface area contributed by atoms with Crippen LogP contribution >= 0.6 is 15.9 Å². The third-order valence-corrected chi connectivity index (χ3v) is 3.12. The Labute approximate surface area is 93.3 Å². The monoisotopic (exact) mass is 254 g/mol. The van der Waals surface area contributed by atoms with Crippen molar-refractivity contribution in [2.75, 3.05) is 5.32 Å². The average Bonchev–Trinajstić information content (AvgIpc) is 2.97. The van der Waals surface area contributed by atoms with E-state index in [1.807, 2.05) is 12.4 Å². The Morgan fingerprint density at radius 1 is 1.57 bits per heavy atom. The largest absolute Gasteiger partial charge is 0.381 e. The van der Waals surface area contributed by atoms with Crippen LogP contribution in [0.15, 0.2) is 22.9 Å². The van der Waals surface area contributed by atoms with Crippen LogP contribution < -0.4 is 5.32 Å². The summed E-state index contributed by atoms with van der Waals surface area (Å²) < 4.78 is 1.04. The van der Waals surface area contributed by atoms with Gasteiger partial charge in [0.2, 0.25) is 0 Å². The molecule has 1 heterocycles. The van der Waals surface area contributed by atoms with Crippen LogP contribution in [0.1, 0.15) is 26.2 Å². The number of nitrogens with one attached hydrogen (secondary N) is 1. The van der Waals surface area contributed by atoms with Gasteiger partial charge in [0.1, 0.15) is 0 Å². The summed E-state index contributed by atoms with van der Waals surface area (Å²) in [5.74, 6) is 0.888. The zero-order chi connectivity index (χ0) is 9.97. The van der Waals surface area contributed by atoms with Gasteiger partial charge in [0, 0.05) is 16.7 Å². The van der Waals surface area contributed by atoms with Crippen molar-refractivity contribution >= 4 is 21.6 Å². The highest BCUT2D eigenvalue weighted by Crippen LogP contribution is 2.35. The van der Waals surface area contributed by atoms with Gasteiger partial charge in [-0.2, -0.15) is 0 Å². The lowest BCUT2D eigenvalue weighted by Crippen LogP contribution is -2.20. The first-order valence-corrected chi connectivity index (χ1v) is 5.96. The van der Waals surface area contributed by atoms with Gasteiger partial charge in [0.15, 0.2) is 0 Å². The van der Waals surface area contributed by atoms with Crippen LogP contribution in [0.2, 0.25) is 0 Å². The van der Waals surface area contributed by atoms with Crippen LogP contribution in [0.5, 0.6) is 0 Å². The van der Waals surface area contributed by atoms with Gasteiger partial charge in [-0.05, 0) is 47.2 Å². The predicted molar refractivity (Wildman–Crippen MR) is 62.4 cm³/mol. The van der Waals surface area contributed by atoms with Crippen molar-refractivity contribution in [2.24, 2.45) is 5.92 Å². The lowest BCUT2D eigenvalue weighted by molar-refractivity contribution is 0.616. The number of rotatable bonds is 4. The van der Waals surface area contributed by atoms with Gasteiger partial charge in [-0.1, -0.05) is 6.92 Å². The molecule has 14 heavy (non-hydrogen) atoms. The summed E-state index contributed by atoms with van der Waals surface area (Å²) in [7, 11) is 0. The Morgan fingerprint density at radius 2 is 2.36 bits per heavy atom. The molecule has 0 saturated heterocycles. The minimum atomic E-state index is 0.631. The second-order valence-corrected chi connectivity index (χ2v) is 4.80. The Hall–Kier alpha value is -0.570. The molecule has 0 aliphatic heterocycles. The quantitative estimate of drug-likeness (QED) is 0.891. The first kappa shape index (κ1) is 9.97. The van der Waals surface area contributed by atoms with E-state index < -0.39 is 0 Å². The number of hydrogen-bond acceptors (Lipinski definition) is 2. The highest BCUT2D eigenvalue weighted by Gasteiger charge is 2.29. The van der Waals surface area contributed by atoms with Gasteiger partial charge in [0.25, 0.3) is 0 Å². The second-order valence-electron chi connectivity index (χ2n) is 3.89. The summed E-state index contributed by atoms with van der Waals surface area (Å²) >= 11 is 3.42. The van der Waals surface area contributed by atoms with E-state index >= 15 is 0 Å². The van der Waals surface area contributed by atoms with Gasteiger partial charge in [-0.25, -0.2) is 0 Å². The summed E-state index contributed by atoms with van der Waals surface area (Å²) in [6.07, 6.45) is 7.65. The predicted octanol–water partition coefficient (Wildman–Crippen LogP) is 3.44. The van der Waals surface area contributed by atoms with E-state index in [0.29, 0.717) is 6.04 Å². The van der Waals surface area contributed by atoms with Crippen molar-refractivity contribution in [3.05, 3.63) is 22.9 Å². The molecule has 0 amide bonds. The lowest BCUT2D eigenvalue weighted by Gasteiger charge is -2.17. The molecule has 3 heteroatoms. The van der Waals surface area contributed by atoms with Gasteiger partial charge in [0.05, 0.1) is 11.9 Å². The highest BCUT2D eigenvalue weighted by molar-refractivity contribution is 9.10. The van der Waals surface area contributed by atoms with E-state index in [4.69, 9.17) is 0 Å². The van der Waals surface area contributed by atoms with Gasteiger partial charge in [-0.15, -0.1) is 0 Å². The van der Waals surface area contributed by atoms with Crippen molar-refractivity contribution in [3.63, 3.8) is 0 Å². The third kappa shape index (κ3) is 2.47. The first-order chi connectivity index (χ1) is 6.79. The van der Waals surface area contributed by atoms with E-state index in [9.17, 15) is 0 Å². The summed E-state index contributed by atoms with van der Waals surface area (Å²) in [5.41, 5.74) is 1.12. The summed E-state index contributed by atoms with van der Waals surface area (Å²) in [4.78, 5) is 4.14. The average molecular weight is 255 g/mol. The number of pyridine rings is 1. The molecule has 1 aliphatic carbocycles. The number of aromatic nitrogens is 1. The van der Waals surface area contributed by atoms with Crippen LogP contribution in [-0.4, -0.2) is 11.0 Å². The van der Waals surface area contributed by atoms with Gasteiger partial charge >= 0.3 is 0 Å². The maximum atomic E-state index is 4.14. The van der Waals surface area contributed by atoms with Crippen molar-refractivity contribution < 1.29 is 0 Å². The highest BCUT2D eigenvalue weighted by atomic mass is 79.9. The van der Waals surface area contributed by atoms with E-state index in [0.717, 1.165) is 16.1 Å². The maximum absolute atomic E-state index is 4.14. The van der Waals surface area contributed by atoms with Crippen LogP contribution in [0, 0.1) is 5.92 Å². The molecule has 1 fully saturated rings. The third-order valence-electron chi connectivity index (χ3n) is 2.69. The number of anilines is 1. The topological polar surface area (TPSA) is 24.9 Å². The Morgan fingerprint density at radius 3 is 2.93 bits per heavy atom. The number of hydrogen-bond donors (Lipinski definition) is 1. The molecule has 1 atom stereocenters. The van der Waals surface area contributed by atoms with E-state index in [-0.39, 0.29) is 0 Å². The summed E-state index contributed by atoms with van der Waals surface area (Å²) in [6, 6.07) is 2.71. The lowest BCUT2D eigenvalue weighted by atomic mass is 10.1. The van der Waals surface area contributed by atoms with Gasteiger partial charge in [-0.3, -0.25) is 4.98 Å². The SMILES string of the molecule is CCC(Nc1cncc(Br)c1)C1CC1. The fraction of sp³-hybridized carbons (Fsp3) is 0.545. The normalized spacial score (nSPS) is 17.9. The fourth-order valence-electron chi connectivity index (χ4n) is 1.76. The Bertz CT molecular complexity index is 310. The maximum Gasteiger partial charge on any atom is 0.0540 e. The molecule has 1 aromatic rings. The number of halogens is 1. The Balaban J connectivity index is 2.01.